The first kappa shape index (κ1) is 18.3. The Kier molecular flexibility index (Phi) is 3.82. The molecule has 2 aliphatic rings. The minimum atomic E-state index is -0.347. The second-order valence-electron chi connectivity index (χ2n) is 8.10. The van der Waals surface area contributed by atoms with Gasteiger partial charge in [-0.3, -0.25) is 0 Å². The van der Waals surface area contributed by atoms with Crippen molar-refractivity contribution >= 4 is 33.4 Å². The van der Waals surface area contributed by atoms with Crippen LogP contribution in [-0.4, -0.2) is 56.3 Å². The highest BCUT2D eigenvalue weighted by Crippen LogP contribution is 2.48. The number of aromatic nitrogens is 5. The lowest BCUT2D eigenvalue weighted by molar-refractivity contribution is 0.241. The zero-order chi connectivity index (χ0) is 21.3. The van der Waals surface area contributed by atoms with Gasteiger partial charge in [-0.25, -0.2) is 14.4 Å². The molecule has 3 N–H and O–H groups in total. The van der Waals surface area contributed by atoms with E-state index < -0.39 is 0 Å². The number of fused-ring (bicyclic) bond motifs is 4. The Morgan fingerprint density at radius 1 is 1.19 bits per heavy atom. The Bertz CT molecular complexity index is 1310. The SMILES string of the molecule is CNc1cc(F)cc2c1[nH]c1nc(Oc3cnc(C)nc3)nc(N3C[C@@H]4[C@@H](O)[C@@H]4C3)c12. The van der Waals surface area contributed by atoms with E-state index in [1.807, 2.05) is 0 Å². The van der Waals surface area contributed by atoms with E-state index in [0.717, 1.165) is 10.9 Å². The number of aliphatic hydroxyl groups is 1. The van der Waals surface area contributed by atoms with E-state index in [-0.39, 0.29) is 29.8 Å². The van der Waals surface area contributed by atoms with Crippen molar-refractivity contribution in [3.63, 3.8) is 0 Å². The zero-order valence-electron chi connectivity index (χ0n) is 16.9. The number of hydrogen-bond donors (Lipinski definition) is 3. The van der Waals surface area contributed by atoms with Gasteiger partial charge in [0.25, 0.3) is 0 Å². The van der Waals surface area contributed by atoms with Crippen LogP contribution in [0.4, 0.5) is 15.9 Å². The topological polar surface area (TPSA) is 112 Å². The molecular weight excluding hydrogens is 401 g/mol. The van der Waals surface area contributed by atoms with Crippen molar-refractivity contribution in [1.82, 2.24) is 24.9 Å². The number of benzene rings is 1. The lowest BCUT2D eigenvalue weighted by Crippen LogP contribution is -2.26. The van der Waals surface area contributed by atoms with Gasteiger partial charge in [0.1, 0.15) is 23.1 Å². The molecule has 158 valence electrons. The highest BCUT2D eigenvalue weighted by atomic mass is 19.1. The quantitative estimate of drug-likeness (QED) is 0.461. The van der Waals surface area contributed by atoms with Crippen LogP contribution in [0.15, 0.2) is 24.5 Å². The molecular formula is C21H20FN7O2. The van der Waals surface area contributed by atoms with Gasteiger partial charge >= 0.3 is 6.01 Å². The molecule has 0 unspecified atom stereocenters. The zero-order valence-corrected chi connectivity index (χ0v) is 16.9. The molecule has 0 spiro atoms. The van der Waals surface area contributed by atoms with Crippen molar-refractivity contribution in [3.8, 4) is 11.8 Å². The van der Waals surface area contributed by atoms with E-state index in [1.54, 1.807) is 26.4 Å². The molecule has 1 saturated carbocycles. The summed E-state index contributed by atoms with van der Waals surface area (Å²) in [7, 11) is 1.74. The summed E-state index contributed by atoms with van der Waals surface area (Å²) in [5.41, 5.74) is 1.92. The van der Waals surface area contributed by atoms with Gasteiger partial charge in [-0.2, -0.15) is 9.97 Å². The van der Waals surface area contributed by atoms with Crippen LogP contribution in [-0.2, 0) is 0 Å². The van der Waals surface area contributed by atoms with Gasteiger partial charge in [0.15, 0.2) is 5.75 Å². The summed E-state index contributed by atoms with van der Waals surface area (Å²) < 4.78 is 20.2. The van der Waals surface area contributed by atoms with Crippen LogP contribution in [0.2, 0.25) is 0 Å². The van der Waals surface area contributed by atoms with Crippen LogP contribution >= 0.6 is 0 Å². The van der Waals surface area contributed by atoms with Crippen LogP contribution in [0.25, 0.3) is 21.9 Å². The molecule has 10 heteroatoms. The van der Waals surface area contributed by atoms with E-state index in [9.17, 15) is 9.50 Å². The molecule has 4 aromatic rings. The summed E-state index contributed by atoms with van der Waals surface area (Å²) in [6.07, 6.45) is 2.89. The molecule has 2 fully saturated rings. The minimum Gasteiger partial charge on any atom is -0.421 e. The van der Waals surface area contributed by atoms with Crippen molar-refractivity contribution in [2.75, 3.05) is 30.4 Å². The standard InChI is InChI=1S/C21H20FN7O2/c1-9-24-5-11(6-25-9)31-21-27-19-16(12-3-10(22)4-15(23-2)17(12)26-19)20(28-21)29-7-13-14(8-29)18(13)30/h3-6,13-14,18,23,30H,7-8H2,1-2H3,(H,26,27,28)/t13-,14+,18+. The second kappa shape index (κ2) is 6.48. The maximum atomic E-state index is 14.3. The van der Waals surface area contributed by atoms with E-state index in [0.29, 0.717) is 47.2 Å². The molecule has 4 heterocycles. The van der Waals surface area contributed by atoms with E-state index in [4.69, 9.17) is 4.74 Å². The number of hydrogen-bond acceptors (Lipinski definition) is 8. The summed E-state index contributed by atoms with van der Waals surface area (Å²) in [6, 6.07) is 3.07. The van der Waals surface area contributed by atoms with Gasteiger partial charge in [0.2, 0.25) is 0 Å². The molecule has 31 heavy (non-hydrogen) atoms. The van der Waals surface area contributed by atoms with Crippen molar-refractivity contribution in [3.05, 3.63) is 36.2 Å². The van der Waals surface area contributed by atoms with E-state index in [1.165, 1.54) is 12.1 Å². The number of nitrogens with zero attached hydrogens (tertiary/aromatic N) is 5. The number of halogens is 1. The first-order valence-electron chi connectivity index (χ1n) is 10.1. The maximum absolute atomic E-state index is 14.3. The molecule has 6 rings (SSSR count). The molecule has 1 aliphatic heterocycles. The van der Waals surface area contributed by atoms with Crippen molar-refractivity contribution < 1.29 is 14.2 Å². The molecule has 0 amide bonds. The summed E-state index contributed by atoms with van der Waals surface area (Å²) in [6.45, 7) is 3.17. The smallest absolute Gasteiger partial charge is 0.326 e. The average molecular weight is 421 g/mol. The molecule has 1 aromatic carbocycles. The lowest BCUT2D eigenvalue weighted by Gasteiger charge is -2.21. The van der Waals surface area contributed by atoms with E-state index in [2.05, 4.69) is 35.1 Å². The third-order valence-electron chi connectivity index (χ3n) is 6.17. The number of nitrogens with one attached hydrogen (secondary N) is 2. The summed E-state index contributed by atoms with van der Waals surface area (Å²) in [5.74, 6) is 1.86. The second-order valence-corrected chi connectivity index (χ2v) is 8.10. The number of anilines is 2. The summed E-state index contributed by atoms with van der Waals surface area (Å²) >= 11 is 0. The summed E-state index contributed by atoms with van der Waals surface area (Å²) in [5, 5.41) is 14.4. The molecule has 0 bridgehead atoms. The van der Waals surface area contributed by atoms with Crippen LogP contribution in [0.5, 0.6) is 11.8 Å². The fraction of sp³-hybridized carbons (Fsp3) is 0.333. The normalized spacial score (nSPS) is 22.2. The number of ether oxygens (including phenoxy) is 1. The highest BCUT2D eigenvalue weighted by Gasteiger charge is 2.55. The fourth-order valence-corrected chi connectivity index (χ4v) is 4.50. The number of H-pyrrole nitrogens is 1. The fourth-order valence-electron chi connectivity index (χ4n) is 4.50. The number of aryl methyl sites for hydroxylation is 1. The highest BCUT2D eigenvalue weighted by molar-refractivity contribution is 6.14. The predicted molar refractivity (Wildman–Crippen MR) is 113 cm³/mol. The maximum Gasteiger partial charge on any atom is 0.326 e. The number of aromatic amines is 1. The molecule has 3 aromatic heterocycles. The third-order valence-corrected chi connectivity index (χ3v) is 6.17. The number of aliphatic hydroxyl groups excluding tert-OH is 1. The predicted octanol–water partition coefficient (Wildman–Crippen LogP) is 2.61. The van der Waals surface area contributed by atoms with Crippen molar-refractivity contribution in [1.29, 1.82) is 0 Å². The number of piperidine rings is 1. The Balaban J connectivity index is 1.53. The molecule has 3 atom stereocenters. The first-order chi connectivity index (χ1) is 15.0. The minimum absolute atomic E-state index is 0.147. The Morgan fingerprint density at radius 2 is 1.94 bits per heavy atom. The van der Waals surface area contributed by atoms with Gasteiger partial charge in [0.05, 0.1) is 35.1 Å². The molecule has 1 aliphatic carbocycles. The van der Waals surface area contributed by atoms with Crippen LogP contribution in [0.3, 0.4) is 0 Å². The van der Waals surface area contributed by atoms with Crippen molar-refractivity contribution in [2.24, 2.45) is 11.8 Å². The van der Waals surface area contributed by atoms with E-state index >= 15 is 0 Å². The molecule has 0 radical (unpaired) electrons. The largest absolute Gasteiger partial charge is 0.421 e. The Labute approximate surface area is 176 Å². The van der Waals surface area contributed by atoms with Crippen LogP contribution in [0.1, 0.15) is 5.82 Å². The van der Waals surface area contributed by atoms with Gasteiger partial charge in [-0.1, -0.05) is 0 Å². The van der Waals surface area contributed by atoms with Crippen LogP contribution < -0.4 is 15.0 Å². The van der Waals surface area contributed by atoms with Gasteiger partial charge < -0.3 is 25.0 Å². The Morgan fingerprint density at radius 3 is 2.65 bits per heavy atom. The lowest BCUT2D eigenvalue weighted by atomic mass is 10.1. The van der Waals surface area contributed by atoms with Crippen molar-refractivity contribution in [2.45, 2.75) is 13.0 Å². The van der Waals surface area contributed by atoms with Gasteiger partial charge in [0, 0.05) is 37.4 Å². The van der Waals surface area contributed by atoms with Gasteiger partial charge in [-0.05, 0) is 19.1 Å². The first-order valence-corrected chi connectivity index (χ1v) is 10.1. The monoisotopic (exact) mass is 421 g/mol. The molecule has 1 saturated heterocycles. The summed E-state index contributed by atoms with van der Waals surface area (Å²) in [4.78, 5) is 22.9. The number of rotatable bonds is 4. The molecule has 9 nitrogen and oxygen atoms in total. The van der Waals surface area contributed by atoms with Gasteiger partial charge in [-0.15, -0.1) is 0 Å². The average Bonchev–Trinajstić information content (AvgIpc) is 3.12. The Hall–Kier alpha value is -3.53. The third kappa shape index (κ3) is 2.86. The van der Waals surface area contributed by atoms with Crippen LogP contribution in [0, 0.1) is 24.6 Å².